The van der Waals surface area contributed by atoms with Crippen molar-refractivity contribution < 1.29 is 29.7 Å². The third kappa shape index (κ3) is 3.05. The fourth-order valence-electron chi connectivity index (χ4n) is 2.65. The lowest BCUT2D eigenvalue weighted by atomic mass is 9.95. The van der Waals surface area contributed by atoms with E-state index in [1.807, 2.05) is 0 Å². The van der Waals surface area contributed by atoms with Gasteiger partial charge in [-0.25, -0.2) is 14.4 Å². The second kappa shape index (κ2) is 6.09. The van der Waals surface area contributed by atoms with Crippen molar-refractivity contribution in [3.63, 3.8) is 0 Å². The summed E-state index contributed by atoms with van der Waals surface area (Å²) in [5.41, 5.74) is 0.958. The third-order valence-corrected chi connectivity index (χ3v) is 3.90. The van der Waals surface area contributed by atoms with Crippen molar-refractivity contribution in [2.45, 2.75) is 0 Å². The van der Waals surface area contributed by atoms with Gasteiger partial charge < -0.3 is 15.3 Å². The predicted octanol–water partition coefficient (Wildman–Crippen LogP) is 3.60. The van der Waals surface area contributed by atoms with Crippen LogP contribution in [0.4, 0.5) is 0 Å². The highest BCUT2D eigenvalue weighted by atomic mass is 16.4. The zero-order chi connectivity index (χ0) is 18.1. The molecular weight excluding hydrogens is 324 g/mol. The number of rotatable bonds is 4. The Labute approximate surface area is 141 Å². The second-order valence-electron chi connectivity index (χ2n) is 5.45. The topological polar surface area (TPSA) is 112 Å². The van der Waals surface area contributed by atoms with Crippen molar-refractivity contribution in [1.29, 1.82) is 0 Å². The molecule has 0 bridgehead atoms. The van der Waals surface area contributed by atoms with Crippen LogP contribution in [0.1, 0.15) is 31.1 Å². The summed E-state index contributed by atoms with van der Waals surface area (Å²) in [5, 5.41) is 28.9. The van der Waals surface area contributed by atoms with Crippen LogP contribution in [-0.2, 0) is 0 Å². The van der Waals surface area contributed by atoms with E-state index in [0.29, 0.717) is 10.9 Å². The van der Waals surface area contributed by atoms with E-state index in [4.69, 9.17) is 10.2 Å². The van der Waals surface area contributed by atoms with E-state index in [0.717, 1.165) is 5.39 Å². The lowest BCUT2D eigenvalue weighted by Gasteiger charge is -2.09. The normalized spacial score (nSPS) is 10.6. The molecule has 3 rings (SSSR count). The first-order valence-corrected chi connectivity index (χ1v) is 7.25. The summed E-state index contributed by atoms with van der Waals surface area (Å²) in [6.07, 6.45) is 0. The molecule has 0 saturated carbocycles. The first-order valence-electron chi connectivity index (χ1n) is 7.25. The quantitative estimate of drug-likeness (QED) is 0.671. The molecule has 0 fully saturated rings. The van der Waals surface area contributed by atoms with Gasteiger partial charge in [-0.05, 0) is 58.3 Å². The Balaban J connectivity index is 2.20. The Bertz CT molecular complexity index is 1040. The summed E-state index contributed by atoms with van der Waals surface area (Å²) in [4.78, 5) is 33.7. The van der Waals surface area contributed by atoms with Gasteiger partial charge in [0.05, 0.1) is 16.7 Å². The van der Waals surface area contributed by atoms with Crippen LogP contribution < -0.4 is 0 Å². The highest BCUT2D eigenvalue weighted by molar-refractivity contribution is 6.01. The second-order valence-corrected chi connectivity index (χ2v) is 5.45. The van der Waals surface area contributed by atoms with Gasteiger partial charge in [0, 0.05) is 0 Å². The molecule has 6 heteroatoms. The Hall–Kier alpha value is -3.67. The van der Waals surface area contributed by atoms with Gasteiger partial charge in [0.2, 0.25) is 0 Å². The molecule has 3 aromatic rings. The lowest BCUT2D eigenvalue weighted by Crippen LogP contribution is -2.03. The van der Waals surface area contributed by atoms with E-state index in [-0.39, 0.29) is 22.3 Å². The molecule has 3 N–H and O–H groups in total. The summed E-state index contributed by atoms with van der Waals surface area (Å²) in [7, 11) is 0. The molecule has 0 aromatic heterocycles. The first-order chi connectivity index (χ1) is 11.9. The number of hydrogen-bond donors (Lipinski definition) is 3. The minimum atomic E-state index is -1.16. The number of hydrogen-bond acceptors (Lipinski definition) is 3. The van der Waals surface area contributed by atoms with Crippen molar-refractivity contribution in [2.75, 3.05) is 0 Å². The largest absolute Gasteiger partial charge is 0.478 e. The third-order valence-electron chi connectivity index (χ3n) is 3.90. The number of carboxylic acids is 3. The van der Waals surface area contributed by atoms with Crippen molar-refractivity contribution in [2.24, 2.45) is 0 Å². The molecule has 0 saturated heterocycles. The lowest BCUT2D eigenvalue weighted by molar-refractivity contribution is 0.0682. The van der Waals surface area contributed by atoms with Crippen molar-refractivity contribution in [3.05, 3.63) is 71.3 Å². The SMILES string of the molecule is O=C(O)c1ccc(C(=O)O)c(-c2ccc3cc(C(=O)O)ccc3c2)c1. The molecule has 0 heterocycles. The predicted molar refractivity (Wildman–Crippen MR) is 90.3 cm³/mol. The summed E-state index contributed by atoms with van der Waals surface area (Å²) in [5.74, 6) is -3.34. The first kappa shape index (κ1) is 16.2. The molecule has 3 aromatic carbocycles. The van der Waals surface area contributed by atoms with Crippen LogP contribution in [-0.4, -0.2) is 33.2 Å². The monoisotopic (exact) mass is 336 g/mol. The molecule has 0 atom stereocenters. The smallest absolute Gasteiger partial charge is 0.336 e. The summed E-state index contributed by atoms with van der Waals surface area (Å²) in [6.45, 7) is 0. The molecule has 0 aliphatic heterocycles. The van der Waals surface area contributed by atoms with E-state index < -0.39 is 17.9 Å². The van der Waals surface area contributed by atoms with Gasteiger partial charge in [-0.1, -0.05) is 18.2 Å². The average Bonchev–Trinajstić information content (AvgIpc) is 2.60. The van der Waals surface area contributed by atoms with Crippen LogP contribution in [0.3, 0.4) is 0 Å². The number of fused-ring (bicyclic) bond motifs is 1. The van der Waals surface area contributed by atoms with Gasteiger partial charge >= 0.3 is 17.9 Å². The Morgan fingerprint density at radius 3 is 1.80 bits per heavy atom. The maximum atomic E-state index is 11.4. The molecule has 124 valence electrons. The molecule has 0 radical (unpaired) electrons. The summed E-state index contributed by atoms with van der Waals surface area (Å²) < 4.78 is 0. The van der Waals surface area contributed by atoms with E-state index in [1.54, 1.807) is 24.3 Å². The Morgan fingerprint density at radius 2 is 1.16 bits per heavy atom. The zero-order valence-corrected chi connectivity index (χ0v) is 12.8. The molecular formula is C19H12O6. The minimum Gasteiger partial charge on any atom is -0.478 e. The van der Waals surface area contributed by atoms with E-state index in [1.165, 1.54) is 30.3 Å². The summed E-state index contributed by atoms with van der Waals surface area (Å²) in [6, 6.07) is 13.5. The molecule has 6 nitrogen and oxygen atoms in total. The minimum absolute atomic E-state index is 0.00786. The van der Waals surface area contributed by atoms with Crippen LogP contribution in [0.25, 0.3) is 21.9 Å². The maximum Gasteiger partial charge on any atom is 0.336 e. The fourth-order valence-corrected chi connectivity index (χ4v) is 2.65. The molecule has 0 aliphatic rings. The maximum absolute atomic E-state index is 11.4. The van der Waals surface area contributed by atoms with Crippen LogP contribution in [0.5, 0.6) is 0 Å². The van der Waals surface area contributed by atoms with Gasteiger partial charge in [-0.15, -0.1) is 0 Å². The van der Waals surface area contributed by atoms with E-state index in [9.17, 15) is 19.5 Å². The average molecular weight is 336 g/mol. The number of aromatic carboxylic acids is 3. The van der Waals surface area contributed by atoms with Crippen molar-refractivity contribution in [1.82, 2.24) is 0 Å². The van der Waals surface area contributed by atoms with Gasteiger partial charge in [-0.2, -0.15) is 0 Å². The Morgan fingerprint density at radius 1 is 0.600 bits per heavy atom. The van der Waals surface area contributed by atoms with Gasteiger partial charge in [-0.3, -0.25) is 0 Å². The molecule has 0 amide bonds. The van der Waals surface area contributed by atoms with E-state index in [2.05, 4.69) is 0 Å². The van der Waals surface area contributed by atoms with Crippen molar-refractivity contribution in [3.8, 4) is 11.1 Å². The standard InChI is InChI=1S/C19H12O6/c20-17(21)13-4-2-10-7-12(3-1-11(10)8-13)16-9-14(18(22)23)5-6-15(16)19(24)25/h1-9H,(H,20,21)(H,22,23)(H,24,25). The van der Waals surface area contributed by atoms with Gasteiger partial charge in [0.15, 0.2) is 0 Å². The number of benzene rings is 3. The Kier molecular flexibility index (Phi) is 3.94. The summed E-state index contributed by atoms with van der Waals surface area (Å²) >= 11 is 0. The molecule has 0 spiro atoms. The van der Waals surface area contributed by atoms with Crippen LogP contribution in [0.2, 0.25) is 0 Å². The fraction of sp³-hybridized carbons (Fsp3) is 0. The van der Waals surface area contributed by atoms with Crippen LogP contribution >= 0.6 is 0 Å². The number of carbonyl (C=O) groups is 3. The highest BCUT2D eigenvalue weighted by Crippen LogP contribution is 2.29. The van der Waals surface area contributed by atoms with Gasteiger partial charge in [0.25, 0.3) is 0 Å². The molecule has 0 unspecified atom stereocenters. The van der Waals surface area contributed by atoms with Crippen molar-refractivity contribution >= 4 is 28.7 Å². The van der Waals surface area contributed by atoms with Gasteiger partial charge in [0.1, 0.15) is 0 Å². The van der Waals surface area contributed by atoms with Crippen LogP contribution in [0, 0.1) is 0 Å². The van der Waals surface area contributed by atoms with Crippen LogP contribution in [0.15, 0.2) is 54.6 Å². The highest BCUT2D eigenvalue weighted by Gasteiger charge is 2.15. The molecule has 0 aliphatic carbocycles. The zero-order valence-electron chi connectivity index (χ0n) is 12.8. The molecule has 25 heavy (non-hydrogen) atoms. The number of carboxylic acid groups (broad SMARTS) is 3. The van der Waals surface area contributed by atoms with E-state index >= 15 is 0 Å².